The first kappa shape index (κ1) is 16.9. The molecule has 2 atom stereocenters. The van der Waals surface area contributed by atoms with Gasteiger partial charge >= 0.3 is 0 Å². The maximum absolute atomic E-state index is 6.62. The fraction of sp³-hybridized carbons (Fsp3) is 0.647. The van der Waals surface area contributed by atoms with Gasteiger partial charge in [0.05, 0.1) is 12.1 Å². The lowest BCUT2D eigenvalue weighted by Crippen LogP contribution is -2.47. The average molecular weight is 326 g/mol. The Morgan fingerprint density at radius 2 is 1.95 bits per heavy atom. The second kappa shape index (κ2) is 6.31. The SMILES string of the molecule is CC(C)(C)[Si](C)(C)OC1CCC[C@@H]1Nc1cccc(Cl)c1. The first-order chi connectivity index (χ1) is 9.69. The molecular weight excluding hydrogens is 298 g/mol. The van der Waals surface area contributed by atoms with Crippen molar-refractivity contribution >= 4 is 25.6 Å². The normalized spacial score (nSPS) is 23.3. The molecule has 4 heteroatoms. The number of benzene rings is 1. The molecule has 0 bridgehead atoms. The summed E-state index contributed by atoms with van der Waals surface area (Å²) in [7, 11) is -1.71. The minimum absolute atomic E-state index is 0.260. The van der Waals surface area contributed by atoms with Gasteiger partial charge in [-0.2, -0.15) is 0 Å². The van der Waals surface area contributed by atoms with Gasteiger partial charge in [0.25, 0.3) is 0 Å². The summed E-state index contributed by atoms with van der Waals surface area (Å²) in [6, 6.07) is 8.36. The molecule has 1 aliphatic rings. The zero-order chi connectivity index (χ0) is 15.7. The summed E-state index contributed by atoms with van der Waals surface area (Å²) in [4.78, 5) is 0. The Kier molecular flexibility index (Phi) is 5.06. The van der Waals surface area contributed by atoms with E-state index in [1.807, 2.05) is 18.2 Å². The largest absolute Gasteiger partial charge is 0.412 e. The molecule has 21 heavy (non-hydrogen) atoms. The van der Waals surface area contributed by atoms with Crippen molar-refractivity contribution in [2.75, 3.05) is 5.32 Å². The van der Waals surface area contributed by atoms with Crippen molar-refractivity contribution in [1.29, 1.82) is 0 Å². The quantitative estimate of drug-likeness (QED) is 0.717. The number of hydrogen-bond acceptors (Lipinski definition) is 2. The Morgan fingerprint density at radius 3 is 2.57 bits per heavy atom. The molecule has 0 heterocycles. The molecule has 0 radical (unpaired) electrons. The van der Waals surface area contributed by atoms with E-state index in [4.69, 9.17) is 16.0 Å². The van der Waals surface area contributed by atoms with Gasteiger partial charge in [0, 0.05) is 10.7 Å². The lowest BCUT2D eigenvalue weighted by atomic mass is 10.2. The average Bonchev–Trinajstić information content (AvgIpc) is 2.74. The molecule has 0 spiro atoms. The summed E-state index contributed by atoms with van der Waals surface area (Å²) >= 11 is 6.07. The maximum Gasteiger partial charge on any atom is 0.192 e. The van der Waals surface area contributed by atoms with Crippen LogP contribution in [0.2, 0.25) is 23.2 Å². The van der Waals surface area contributed by atoms with Gasteiger partial charge in [-0.3, -0.25) is 0 Å². The zero-order valence-electron chi connectivity index (χ0n) is 13.9. The van der Waals surface area contributed by atoms with Gasteiger partial charge in [-0.15, -0.1) is 0 Å². The van der Waals surface area contributed by atoms with Gasteiger partial charge in [0.2, 0.25) is 0 Å². The van der Waals surface area contributed by atoms with E-state index in [-0.39, 0.29) is 5.04 Å². The molecule has 1 aromatic carbocycles. The highest BCUT2D eigenvalue weighted by atomic mass is 35.5. The van der Waals surface area contributed by atoms with Crippen LogP contribution in [0.4, 0.5) is 5.69 Å². The summed E-state index contributed by atoms with van der Waals surface area (Å²) < 4.78 is 6.62. The van der Waals surface area contributed by atoms with E-state index in [0.717, 1.165) is 17.1 Å². The number of rotatable bonds is 4. The molecule has 0 saturated heterocycles. The summed E-state index contributed by atoms with van der Waals surface area (Å²) in [6.45, 7) is 11.6. The number of nitrogens with one attached hydrogen (secondary N) is 1. The zero-order valence-corrected chi connectivity index (χ0v) is 15.6. The maximum atomic E-state index is 6.62. The predicted molar refractivity (Wildman–Crippen MR) is 94.8 cm³/mol. The molecule has 2 rings (SSSR count). The van der Waals surface area contributed by atoms with E-state index >= 15 is 0 Å². The highest BCUT2D eigenvalue weighted by Crippen LogP contribution is 2.40. The fourth-order valence-corrected chi connectivity index (χ4v) is 4.16. The third-order valence-electron chi connectivity index (χ3n) is 4.88. The van der Waals surface area contributed by atoms with E-state index in [9.17, 15) is 0 Å². The molecule has 0 aliphatic heterocycles. The summed E-state index contributed by atoms with van der Waals surface area (Å²) in [5.41, 5.74) is 1.10. The monoisotopic (exact) mass is 325 g/mol. The minimum atomic E-state index is -1.71. The number of anilines is 1. The Morgan fingerprint density at radius 1 is 1.24 bits per heavy atom. The van der Waals surface area contributed by atoms with Gasteiger partial charge in [0.1, 0.15) is 0 Å². The molecule has 1 aliphatic carbocycles. The summed E-state index contributed by atoms with van der Waals surface area (Å²) in [5, 5.41) is 4.66. The highest BCUT2D eigenvalue weighted by molar-refractivity contribution is 6.74. The third kappa shape index (κ3) is 4.24. The van der Waals surface area contributed by atoms with Crippen molar-refractivity contribution in [1.82, 2.24) is 0 Å². The smallest absolute Gasteiger partial charge is 0.192 e. The van der Waals surface area contributed by atoms with Crippen LogP contribution in [0.5, 0.6) is 0 Å². The van der Waals surface area contributed by atoms with Crippen LogP contribution in [0.25, 0.3) is 0 Å². The molecule has 1 N–H and O–H groups in total. The third-order valence-corrected chi connectivity index (χ3v) is 9.62. The molecule has 0 amide bonds. The second-order valence-electron chi connectivity index (χ2n) is 7.61. The van der Waals surface area contributed by atoms with E-state index in [1.54, 1.807) is 0 Å². The fourth-order valence-electron chi connectivity index (χ4n) is 2.58. The van der Waals surface area contributed by atoms with Crippen LogP contribution in [0, 0.1) is 0 Å². The Labute approximate surface area is 135 Å². The summed E-state index contributed by atoms with van der Waals surface area (Å²) in [5.74, 6) is 0. The molecular formula is C17H28ClNOSi. The van der Waals surface area contributed by atoms with Gasteiger partial charge in [-0.25, -0.2) is 0 Å². The van der Waals surface area contributed by atoms with Crippen molar-refractivity contribution in [3.8, 4) is 0 Å². The Balaban J connectivity index is 2.04. The van der Waals surface area contributed by atoms with Crippen LogP contribution in [0.15, 0.2) is 24.3 Å². The standard InChI is InChI=1S/C17H28ClNOSi/c1-17(2,3)21(4,5)20-16-11-7-10-15(16)19-14-9-6-8-13(18)12-14/h6,8-9,12,15-16,19H,7,10-11H2,1-5H3/t15-,16?/m0/s1. The Bertz CT molecular complexity index is 484. The van der Waals surface area contributed by atoms with Crippen LogP contribution < -0.4 is 5.32 Å². The Hall–Kier alpha value is -0.513. The van der Waals surface area contributed by atoms with Crippen LogP contribution in [0.3, 0.4) is 0 Å². The van der Waals surface area contributed by atoms with E-state index in [2.05, 4.69) is 45.2 Å². The molecule has 1 saturated carbocycles. The van der Waals surface area contributed by atoms with Crippen molar-refractivity contribution in [2.24, 2.45) is 0 Å². The second-order valence-corrected chi connectivity index (χ2v) is 12.8. The van der Waals surface area contributed by atoms with E-state index in [0.29, 0.717) is 12.1 Å². The van der Waals surface area contributed by atoms with Crippen molar-refractivity contribution in [3.63, 3.8) is 0 Å². The van der Waals surface area contributed by atoms with Crippen LogP contribution in [-0.2, 0) is 4.43 Å². The minimum Gasteiger partial charge on any atom is -0.412 e. The molecule has 1 aromatic rings. The molecule has 2 nitrogen and oxygen atoms in total. The van der Waals surface area contributed by atoms with Crippen molar-refractivity contribution < 1.29 is 4.43 Å². The van der Waals surface area contributed by atoms with Crippen LogP contribution in [0.1, 0.15) is 40.0 Å². The molecule has 118 valence electrons. The van der Waals surface area contributed by atoms with Gasteiger partial charge in [0.15, 0.2) is 8.32 Å². The summed E-state index contributed by atoms with van der Waals surface area (Å²) in [6.07, 6.45) is 3.89. The van der Waals surface area contributed by atoms with Crippen molar-refractivity contribution in [2.45, 2.75) is 70.3 Å². The predicted octanol–water partition coefficient (Wildman–Crippen LogP) is 5.69. The number of hydrogen-bond donors (Lipinski definition) is 1. The van der Waals surface area contributed by atoms with E-state index < -0.39 is 8.32 Å². The first-order valence-electron chi connectivity index (χ1n) is 7.89. The highest BCUT2D eigenvalue weighted by Gasteiger charge is 2.41. The topological polar surface area (TPSA) is 21.3 Å². The van der Waals surface area contributed by atoms with Crippen molar-refractivity contribution in [3.05, 3.63) is 29.3 Å². The van der Waals surface area contributed by atoms with Crippen LogP contribution >= 0.6 is 11.6 Å². The van der Waals surface area contributed by atoms with E-state index in [1.165, 1.54) is 12.8 Å². The number of halogens is 1. The van der Waals surface area contributed by atoms with Gasteiger partial charge in [-0.05, 0) is 55.6 Å². The van der Waals surface area contributed by atoms with Crippen LogP contribution in [-0.4, -0.2) is 20.5 Å². The first-order valence-corrected chi connectivity index (χ1v) is 11.2. The van der Waals surface area contributed by atoms with Gasteiger partial charge < -0.3 is 9.74 Å². The molecule has 0 aromatic heterocycles. The molecule has 1 fully saturated rings. The molecule has 1 unspecified atom stereocenters. The van der Waals surface area contributed by atoms with Gasteiger partial charge in [-0.1, -0.05) is 38.4 Å². The lowest BCUT2D eigenvalue weighted by molar-refractivity contribution is 0.177. The lowest BCUT2D eigenvalue weighted by Gasteiger charge is -2.40.